The van der Waals surface area contributed by atoms with Crippen LogP contribution in [0.25, 0.3) is 0 Å². The van der Waals surface area contributed by atoms with E-state index < -0.39 is 0 Å². The van der Waals surface area contributed by atoms with Crippen LogP contribution in [-0.4, -0.2) is 13.2 Å². The summed E-state index contributed by atoms with van der Waals surface area (Å²) in [4.78, 5) is 0. The molecule has 0 heterocycles. The van der Waals surface area contributed by atoms with E-state index in [0.29, 0.717) is 6.10 Å². The number of nitrogens with one attached hydrogen (secondary N) is 1. The van der Waals surface area contributed by atoms with Gasteiger partial charge in [-0.15, -0.1) is 0 Å². The fraction of sp³-hybridized carbons (Fsp3) is 0.294. The Morgan fingerprint density at radius 2 is 1.55 bits per heavy atom. The molecule has 2 aromatic rings. The van der Waals surface area contributed by atoms with Gasteiger partial charge in [-0.2, -0.15) is 0 Å². The summed E-state index contributed by atoms with van der Waals surface area (Å²) in [7, 11) is 1.99. The summed E-state index contributed by atoms with van der Waals surface area (Å²) in [5, 5.41) is 3.37. The van der Waals surface area contributed by atoms with Gasteiger partial charge < -0.3 is 10.1 Å². The molecule has 3 heteroatoms. The van der Waals surface area contributed by atoms with E-state index in [1.165, 1.54) is 24.0 Å². The average molecular weight is 332 g/mol. The summed E-state index contributed by atoms with van der Waals surface area (Å²) in [6, 6.07) is 17.0. The fourth-order valence-electron chi connectivity index (χ4n) is 2.30. The minimum Gasteiger partial charge on any atom is -0.490 e. The van der Waals surface area contributed by atoms with Crippen molar-refractivity contribution in [3.63, 3.8) is 0 Å². The number of halogens is 1. The van der Waals surface area contributed by atoms with Crippen molar-refractivity contribution in [2.45, 2.75) is 25.0 Å². The second-order valence-electron chi connectivity index (χ2n) is 5.16. The summed E-state index contributed by atoms with van der Waals surface area (Å²) in [5.41, 5.74) is 2.50. The molecule has 3 rings (SSSR count). The van der Waals surface area contributed by atoms with Gasteiger partial charge in [0.05, 0.1) is 12.1 Å². The molecular formula is C17H18BrNO. The maximum absolute atomic E-state index is 5.79. The number of rotatable bonds is 5. The zero-order chi connectivity index (χ0) is 13.9. The smallest absolute Gasteiger partial charge is 0.119 e. The number of benzene rings is 2. The van der Waals surface area contributed by atoms with Gasteiger partial charge in [0.25, 0.3) is 0 Å². The van der Waals surface area contributed by atoms with Crippen molar-refractivity contribution in [3.8, 4) is 5.75 Å². The van der Waals surface area contributed by atoms with Crippen LogP contribution < -0.4 is 10.1 Å². The molecule has 1 unspecified atom stereocenters. The standard InChI is InChI=1S/C17H18BrNO/c1-19-17(12-2-6-14(18)7-3-12)13-4-8-15(9-5-13)20-16-10-11-16/h2-9,16-17,19H,10-11H2,1H3. The first kappa shape index (κ1) is 13.7. The van der Waals surface area contributed by atoms with Gasteiger partial charge in [0.15, 0.2) is 0 Å². The third kappa shape index (κ3) is 3.22. The van der Waals surface area contributed by atoms with Crippen LogP contribution in [0.4, 0.5) is 0 Å². The lowest BCUT2D eigenvalue weighted by atomic mass is 9.99. The van der Waals surface area contributed by atoms with Crippen molar-refractivity contribution < 1.29 is 4.74 Å². The second-order valence-corrected chi connectivity index (χ2v) is 6.08. The monoisotopic (exact) mass is 331 g/mol. The Hall–Kier alpha value is -1.32. The van der Waals surface area contributed by atoms with Crippen LogP contribution in [0.3, 0.4) is 0 Å². The van der Waals surface area contributed by atoms with Gasteiger partial charge in [-0.25, -0.2) is 0 Å². The topological polar surface area (TPSA) is 21.3 Å². The zero-order valence-electron chi connectivity index (χ0n) is 11.5. The van der Waals surface area contributed by atoms with Gasteiger partial charge in [-0.1, -0.05) is 40.2 Å². The van der Waals surface area contributed by atoms with Gasteiger partial charge in [-0.05, 0) is 55.3 Å². The molecule has 0 amide bonds. The summed E-state index contributed by atoms with van der Waals surface area (Å²) >= 11 is 3.47. The molecule has 104 valence electrons. The van der Waals surface area contributed by atoms with Crippen molar-refractivity contribution in [3.05, 3.63) is 64.1 Å². The molecular weight excluding hydrogens is 314 g/mol. The highest BCUT2D eigenvalue weighted by molar-refractivity contribution is 9.10. The van der Waals surface area contributed by atoms with E-state index in [2.05, 4.69) is 69.8 Å². The van der Waals surface area contributed by atoms with Crippen LogP contribution in [0, 0.1) is 0 Å². The van der Waals surface area contributed by atoms with Crippen LogP contribution in [0.1, 0.15) is 30.0 Å². The van der Waals surface area contributed by atoms with E-state index in [1.807, 2.05) is 7.05 Å². The largest absolute Gasteiger partial charge is 0.490 e. The van der Waals surface area contributed by atoms with Gasteiger partial charge >= 0.3 is 0 Å². The predicted molar refractivity (Wildman–Crippen MR) is 85.1 cm³/mol. The molecule has 0 radical (unpaired) electrons. The summed E-state index contributed by atoms with van der Waals surface area (Å²) in [5.74, 6) is 0.974. The first-order valence-electron chi connectivity index (χ1n) is 6.95. The average Bonchev–Trinajstić information content (AvgIpc) is 3.27. The lowest BCUT2D eigenvalue weighted by molar-refractivity contribution is 0.303. The zero-order valence-corrected chi connectivity index (χ0v) is 13.1. The van der Waals surface area contributed by atoms with Crippen molar-refractivity contribution in [1.82, 2.24) is 5.32 Å². The Labute approximate surface area is 128 Å². The van der Waals surface area contributed by atoms with Gasteiger partial charge in [0.1, 0.15) is 5.75 Å². The first-order chi connectivity index (χ1) is 9.76. The van der Waals surface area contributed by atoms with E-state index >= 15 is 0 Å². The van der Waals surface area contributed by atoms with Crippen molar-refractivity contribution in [2.75, 3.05) is 7.05 Å². The Kier molecular flexibility index (Phi) is 4.08. The lowest BCUT2D eigenvalue weighted by Gasteiger charge is -2.18. The highest BCUT2D eigenvalue weighted by Crippen LogP contribution is 2.29. The van der Waals surface area contributed by atoms with Crippen LogP contribution in [0.2, 0.25) is 0 Å². The molecule has 1 N–H and O–H groups in total. The van der Waals surface area contributed by atoms with Crippen LogP contribution in [-0.2, 0) is 0 Å². The van der Waals surface area contributed by atoms with Crippen molar-refractivity contribution in [1.29, 1.82) is 0 Å². The SMILES string of the molecule is CNC(c1ccc(Br)cc1)c1ccc(OC2CC2)cc1. The Bertz CT molecular complexity index is 561. The molecule has 20 heavy (non-hydrogen) atoms. The molecule has 1 aliphatic rings. The molecule has 1 fully saturated rings. The van der Waals surface area contributed by atoms with Gasteiger partial charge in [0.2, 0.25) is 0 Å². The minimum absolute atomic E-state index is 0.207. The first-order valence-corrected chi connectivity index (χ1v) is 7.75. The third-order valence-corrected chi connectivity index (χ3v) is 4.06. The molecule has 2 aromatic carbocycles. The molecule has 0 aliphatic heterocycles. The number of ether oxygens (including phenoxy) is 1. The normalized spacial score (nSPS) is 15.9. The molecule has 1 aliphatic carbocycles. The molecule has 0 bridgehead atoms. The quantitative estimate of drug-likeness (QED) is 0.881. The molecule has 0 aromatic heterocycles. The van der Waals surface area contributed by atoms with E-state index in [-0.39, 0.29) is 6.04 Å². The van der Waals surface area contributed by atoms with E-state index in [1.54, 1.807) is 0 Å². The summed E-state index contributed by atoms with van der Waals surface area (Å²) in [6.45, 7) is 0. The Balaban J connectivity index is 1.79. The molecule has 1 atom stereocenters. The van der Waals surface area contributed by atoms with E-state index in [4.69, 9.17) is 4.74 Å². The predicted octanol–water partition coefficient (Wildman–Crippen LogP) is 4.30. The number of hydrogen-bond donors (Lipinski definition) is 1. The Morgan fingerprint density at radius 1 is 1.00 bits per heavy atom. The third-order valence-electron chi connectivity index (χ3n) is 3.53. The highest BCUT2D eigenvalue weighted by atomic mass is 79.9. The van der Waals surface area contributed by atoms with Gasteiger partial charge in [0, 0.05) is 4.47 Å². The molecule has 0 spiro atoms. The summed E-state index contributed by atoms with van der Waals surface area (Å²) in [6.07, 6.45) is 2.84. The van der Waals surface area contributed by atoms with E-state index in [9.17, 15) is 0 Å². The van der Waals surface area contributed by atoms with Crippen LogP contribution >= 0.6 is 15.9 Å². The Morgan fingerprint density at radius 3 is 2.05 bits per heavy atom. The fourth-order valence-corrected chi connectivity index (χ4v) is 2.56. The molecule has 2 nitrogen and oxygen atoms in total. The second kappa shape index (κ2) is 5.98. The number of hydrogen-bond acceptors (Lipinski definition) is 2. The van der Waals surface area contributed by atoms with Crippen LogP contribution in [0.15, 0.2) is 53.0 Å². The van der Waals surface area contributed by atoms with Gasteiger partial charge in [-0.3, -0.25) is 0 Å². The maximum atomic E-state index is 5.79. The van der Waals surface area contributed by atoms with E-state index in [0.717, 1.165) is 10.2 Å². The van der Waals surface area contributed by atoms with Crippen molar-refractivity contribution in [2.24, 2.45) is 0 Å². The molecule has 0 saturated heterocycles. The van der Waals surface area contributed by atoms with Crippen molar-refractivity contribution >= 4 is 15.9 Å². The summed E-state index contributed by atoms with van der Waals surface area (Å²) < 4.78 is 6.89. The highest BCUT2D eigenvalue weighted by Gasteiger charge is 2.23. The minimum atomic E-state index is 0.207. The van der Waals surface area contributed by atoms with Crippen LogP contribution in [0.5, 0.6) is 5.75 Å². The lowest BCUT2D eigenvalue weighted by Crippen LogP contribution is -2.17. The maximum Gasteiger partial charge on any atom is 0.119 e. The molecule has 1 saturated carbocycles.